The number of phenolic OH excluding ortho intramolecular Hbond substituents is 1. The van der Waals surface area contributed by atoms with Gasteiger partial charge in [-0.3, -0.25) is 4.90 Å². The summed E-state index contributed by atoms with van der Waals surface area (Å²) in [4.78, 5) is 16.6. The molecule has 7 nitrogen and oxygen atoms in total. The van der Waals surface area contributed by atoms with E-state index in [-0.39, 0.29) is 35.2 Å². The molecule has 7 atom stereocenters. The van der Waals surface area contributed by atoms with Gasteiger partial charge in [0.25, 0.3) is 0 Å². The fourth-order valence-electron chi connectivity index (χ4n) is 11.9. The molecule has 7 aliphatic rings. The van der Waals surface area contributed by atoms with E-state index in [0.29, 0.717) is 18.2 Å². The number of aromatic hydroxyl groups is 1. The second kappa shape index (κ2) is 12.0. The summed E-state index contributed by atoms with van der Waals surface area (Å²) in [6.45, 7) is 11.1. The number of fused-ring (bicyclic) bond motifs is 2. The zero-order valence-corrected chi connectivity index (χ0v) is 31.6. The van der Waals surface area contributed by atoms with E-state index in [4.69, 9.17) is 18.9 Å². The Morgan fingerprint density at radius 1 is 0.962 bits per heavy atom. The number of carbonyl (C=O) groups excluding carboxylic acids is 1. The van der Waals surface area contributed by atoms with Gasteiger partial charge in [0, 0.05) is 47.4 Å². The van der Waals surface area contributed by atoms with Crippen molar-refractivity contribution in [1.29, 1.82) is 0 Å². The number of likely N-dealkylation sites (tertiary alicyclic amines) is 1. The molecule has 2 heterocycles. The van der Waals surface area contributed by atoms with E-state index in [0.717, 1.165) is 57.5 Å². The average Bonchev–Trinajstić information content (AvgIpc) is 3.88. The van der Waals surface area contributed by atoms with E-state index in [1.165, 1.54) is 40.7 Å². The number of methoxy groups -OCH3 is 1. The van der Waals surface area contributed by atoms with E-state index in [1.54, 1.807) is 0 Å². The highest BCUT2D eigenvalue weighted by molar-refractivity contribution is 5.65. The Hall–Kier alpha value is -3.55. The van der Waals surface area contributed by atoms with Gasteiger partial charge in [0.2, 0.25) is 0 Å². The van der Waals surface area contributed by atoms with Crippen LogP contribution in [-0.4, -0.2) is 66.3 Å². The lowest BCUT2D eigenvalue weighted by Crippen LogP contribution is -2.83. The van der Waals surface area contributed by atoms with E-state index in [2.05, 4.69) is 87.2 Å². The molecule has 7 unspecified atom stereocenters. The summed E-state index contributed by atoms with van der Waals surface area (Å²) in [6.07, 6.45) is 7.97. The van der Waals surface area contributed by atoms with Gasteiger partial charge in [-0.1, -0.05) is 81.4 Å². The Kier molecular flexibility index (Phi) is 7.89. The van der Waals surface area contributed by atoms with Gasteiger partial charge in [0.05, 0.1) is 6.61 Å². The van der Waals surface area contributed by atoms with Crippen LogP contribution >= 0.6 is 0 Å². The zero-order chi connectivity index (χ0) is 36.1. The molecule has 1 N–H and O–H groups in total. The molecule has 3 aromatic carbocycles. The van der Waals surface area contributed by atoms with Crippen molar-refractivity contribution in [1.82, 2.24) is 4.90 Å². The summed E-state index contributed by atoms with van der Waals surface area (Å²) < 4.78 is 26.4. The topological polar surface area (TPSA) is 77.5 Å². The molecule has 0 aromatic heterocycles. The molecule has 1 saturated heterocycles. The van der Waals surface area contributed by atoms with E-state index in [1.807, 2.05) is 19.2 Å². The first kappa shape index (κ1) is 34.2. The SMILES string of the molecule is COC12CCC3(CC1C(C)(OC(=O)OCCCc1ccc(-c4ccccc4)cc1)C(C)(C)C)C1Cc4ccc(O)c5c4C3(CCN1CC1CC1)C2O5. The number of rotatable bonds is 10. The molecular formula is C45H55NO6. The number of benzene rings is 3. The molecular weight excluding hydrogens is 650 g/mol. The molecule has 4 saturated carbocycles. The number of ether oxygens (including phenoxy) is 4. The highest BCUT2D eigenvalue weighted by atomic mass is 16.7. The van der Waals surface area contributed by atoms with Crippen LogP contribution in [0.2, 0.25) is 0 Å². The maximum Gasteiger partial charge on any atom is 0.508 e. The second-order valence-corrected chi connectivity index (χ2v) is 18.1. The molecule has 3 aromatic rings. The van der Waals surface area contributed by atoms with Gasteiger partial charge >= 0.3 is 6.16 Å². The van der Waals surface area contributed by atoms with Gasteiger partial charge in [-0.15, -0.1) is 0 Å². The maximum absolute atomic E-state index is 13.8. The molecule has 0 radical (unpaired) electrons. The van der Waals surface area contributed by atoms with Crippen molar-refractivity contribution in [2.75, 3.05) is 26.8 Å². The third-order valence-electron chi connectivity index (χ3n) is 15.0. The average molecular weight is 706 g/mol. The molecule has 0 amide bonds. The van der Waals surface area contributed by atoms with Gasteiger partial charge in [-0.2, -0.15) is 0 Å². The summed E-state index contributed by atoms with van der Waals surface area (Å²) in [6, 6.07) is 23.4. The van der Waals surface area contributed by atoms with Crippen molar-refractivity contribution in [3.63, 3.8) is 0 Å². The van der Waals surface area contributed by atoms with Crippen LogP contribution in [0.4, 0.5) is 4.79 Å². The summed E-state index contributed by atoms with van der Waals surface area (Å²) in [5.74, 6) is 1.54. The predicted octanol–water partition coefficient (Wildman–Crippen LogP) is 8.87. The van der Waals surface area contributed by atoms with Crippen LogP contribution in [0.5, 0.6) is 11.5 Å². The Bertz CT molecular complexity index is 1850. The minimum Gasteiger partial charge on any atom is -0.504 e. The zero-order valence-electron chi connectivity index (χ0n) is 31.6. The Balaban J connectivity index is 0.983. The highest BCUT2D eigenvalue weighted by Gasteiger charge is 2.83. The molecule has 52 heavy (non-hydrogen) atoms. The van der Waals surface area contributed by atoms with Crippen molar-refractivity contribution >= 4 is 6.16 Å². The predicted molar refractivity (Wildman–Crippen MR) is 201 cm³/mol. The van der Waals surface area contributed by atoms with Crippen LogP contribution < -0.4 is 4.74 Å². The lowest BCUT2D eigenvalue weighted by atomic mass is 9.33. The second-order valence-electron chi connectivity index (χ2n) is 18.1. The van der Waals surface area contributed by atoms with Gasteiger partial charge in [-0.25, -0.2) is 4.79 Å². The minimum absolute atomic E-state index is 0.0857. The van der Waals surface area contributed by atoms with E-state index >= 15 is 0 Å². The first-order chi connectivity index (χ1) is 25.0. The van der Waals surface area contributed by atoms with Gasteiger partial charge in [-0.05, 0) is 105 Å². The molecule has 276 valence electrons. The van der Waals surface area contributed by atoms with E-state index < -0.39 is 22.8 Å². The van der Waals surface area contributed by atoms with Crippen molar-refractivity contribution in [2.24, 2.45) is 22.7 Å². The number of aryl methyl sites for hydroxylation is 1. The smallest absolute Gasteiger partial charge is 0.504 e. The van der Waals surface area contributed by atoms with Gasteiger partial charge in [0.1, 0.15) is 17.3 Å². The Morgan fingerprint density at radius 2 is 1.71 bits per heavy atom. The number of phenols is 1. The summed E-state index contributed by atoms with van der Waals surface area (Å²) >= 11 is 0. The number of nitrogens with zero attached hydrogens (tertiary/aromatic N) is 1. The molecule has 4 bridgehead atoms. The quantitative estimate of drug-likeness (QED) is 0.167. The van der Waals surface area contributed by atoms with E-state index in [9.17, 15) is 9.90 Å². The fourth-order valence-corrected chi connectivity index (χ4v) is 11.9. The standard InChI is InChI=1S/C45H55NO6/c1-41(2,3)42(4,52-40(48)50-25-9-10-29-15-17-32(18-16-29)31-11-7-6-8-12-31)35-27-43-21-22-45(35,49-5)39-44(43)23-24-46(28-30-13-14-30)36(43)26-33-19-20-34(47)38(51-39)37(33)44/h6-8,11-12,15-20,30,35-36,39,47H,9-10,13-14,21-28H2,1-5H3. The normalized spacial score (nSPS) is 32.4. The third kappa shape index (κ3) is 4.80. The summed E-state index contributed by atoms with van der Waals surface area (Å²) in [5, 5.41) is 11.3. The van der Waals surface area contributed by atoms with Crippen LogP contribution in [0.1, 0.15) is 89.3 Å². The minimum atomic E-state index is -0.918. The molecule has 2 spiro atoms. The maximum atomic E-state index is 13.8. The van der Waals surface area contributed by atoms with Crippen molar-refractivity contribution in [3.05, 3.63) is 83.4 Å². The number of hydrogen-bond acceptors (Lipinski definition) is 7. The largest absolute Gasteiger partial charge is 0.508 e. The Morgan fingerprint density at radius 3 is 2.42 bits per heavy atom. The lowest BCUT2D eigenvalue weighted by molar-refractivity contribution is -0.313. The van der Waals surface area contributed by atoms with Crippen LogP contribution in [0.15, 0.2) is 66.7 Å². The summed E-state index contributed by atoms with van der Waals surface area (Å²) in [7, 11) is 1.82. The number of piperidine rings is 1. The van der Waals surface area contributed by atoms with Crippen molar-refractivity contribution < 1.29 is 28.8 Å². The van der Waals surface area contributed by atoms with Crippen LogP contribution in [-0.2, 0) is 32.5 Å². The number of carbonyl (C=O) groups is 1. The number of hydrogen-bond donors (Lipinski definition) is 1. The van der Waals surface area contributed by atoms with Gasteiger partial charge in [0.15, 0.2) is 11.5 Å². The van der Waals surface area contributed by atoms with Crippen LogP contribution in [0.25, 0.3) is 11.1 Å². The lowest BCUT2D eigenvalue weighted by Gasteiger charge is -2.75. The monoisotopic (exact) mass is 705 g/mol. The first-order valence-electron chi connectivity index (χ1n) is 19.8. The van der Waals surface area contributed by atoms with Crippen LogP contribution in [0, 0.1) is 22.7 Å². The third-order valence-corrected chi connectivity index (χ3v) is 15.0. The summed E-state index contributed by atoms with van der Waals surface area (Å²) in [5.41, 5.74) is 3.79. The fraction of sp³-hybridized carbons (Fsp3) is 0.578. The van der Waals surface area contributed by atoms with Crippen LogP contribution in [0.3, 0.4) is 0 Å². The van der Waals surface area contributed by atoms with Crippen molar-refractivity contribution in [3.8, 4) is 22.6 Å². The molecule has 7 heteroatoms. The molecule has 2 aliphatic heterocycles. The molecule has 5 fully saturated rings. The first-order valence-corrected chi connectivity index (χ1v) is 19.8. The highest BCUT2D eigenvalue weighted by Crippen LogP contribution is 2.78. The van der Waals surface area contributed by atoms with Crippen molar-refractivity contribution in [2.45, 2.75) is 114 Å². The molecule has 10 rings (SSSR count). The van der Waals surface area contributed by atoms with Gasteiger partial charge < -0.3 is 24.1 Å². The molecule has 5 aliphatic carbocycles. The Labute approximate surface area is 309 Å².